The number of aryl methyl sites for hydroxylation is 1. The van der Waals surface area contributed by atoms with Crippen molar-refractivity contribution in [3.63, 3.8) is 0 Å². The van der Waals surface area contributed by atoms with Gasteiger partial charge in [0.2, 0.25) is 5.91 Å². The standard InChI is InChI=1S/C16H22N4O.2ClH/c21-16(14-7-3-4-9-17-14)18-10-5-11-20-12-19-13-6-1-2-8-15(13)20;;/h1-2,6,8,12,14,17H,3-5,7,9-11H2,(H,18,21);2*1H. The maximum absolute atomic E-state index is 12.0. The molecule has 3 rings (SSSR count). The number of rotatable bonds is 5. The minimum Gasteiger partial charge on any atom is -0.355 e. The molecule has 1 aliphatic heterocycles. The van der Waals surface area contributed by atoms with E-state index >= 15 is 0 Å². The monoisotopic (exact) mass is 358 g/mol. The molecule has 7 heteroatoms. The van der Waals surface area contributed by atoms with Gasteiger partial charge in [0.1, 0.15) is 0 Å². The van der Waals surface area contributed by atoms with Crippen molar-refractivity contribution in [1.82, 2.24) is 20.2 Å². The first-order valence-corrected chi connectivity index (χ1v) is 7.75. The molecule has 2 heterocycles. The van der Waals surface area contributed by atoms with Gasteiger partial charge in [-0.1, -0.05) is 18.6 Å². The van der Waals surface area contributed by atoms with Crippen LogP contribution in [0.4, 0.5) is 0 Å². The average molecular weight is 359 g/mol. The van der Waals surface area contributed by atoms with E-state index in [0.717, 1.165) is 43.4 Å². The third-order valence-electron chi connectivity index (χ3n) is 4.03. The van der Waals surface area contributed by atoms with Crippen LogP contribution in [0.3, 0.4) is 0 Å². The van der Waals surface area contributed by atoms with Gasteiger partial charge in [0.25, 0.3) is 0 Å². The highest BCUT2D eigenvalue weighted by Crippen LogP contribution is 2.12. The predicted molar refractivity (Wildman–Crippen MR) is 97.5 cm³/mol. The van der Waals surface area contributed by atoms with E-state index in [1.807, 2.05) is 24.5 Å². The molecule has 1 fully saturated rings. The normalized spacial score (nSPS) is 17.1. The lowest BCUT2D eigenvalue weighted by Gasteiger charge is -2.22. The van der Waals surface area contributed by atoms with Gasteiger partial charge in [0.15, 0.2) is 0 Å². The molecular weight excluding hydrogens is 335 g/mol. The SMILES string of the molecule is Cl.Cl.O=C(NCCCn1cnc2ccccc21)C1CCCCN1. The Labute approximate surface area is 149 Å². The minimum absolute atomic E-state index is 0. The summed E-state index contributed by atoms with van der Waals surface area (Å²) in [4.78, 5) is 16.4. The van der Waals surface area contributed by atoms with E-state index < -0.39 is 0 Å². The summed E-state index contributed by atoms with van der Waals surface area (Å²) in [6.45, 7) is 2.54. The second-order valence-electron chi connectivity index (χ2n) is 5.57. The van der Waals surface area contributed by atoms with E-state index in [1.54, 1.807) is 0 Å². The van der Waals surface area contributed by atoms with Crippen LogP contribution in [0.25, 0.3) is 11.0 Å². The second kappa shape index (κ2) is 9.75. The summed E-state index contributed by atoms with van der Waals surface area (Å²) in [6, 6.07) is 8.12. The molecule has 0 bridgehead atoms. The quantitative estimate of drug-likeness (QED) is 0.807. The average Bonchev–Trinajstić information content (AvgIpc) is 2.95. The van der Waals surface area contributed by atoms with Gasteiger partial charge in [-0.2, -0.15) is 0 Å². The summed E-state index contributed by atoms with van der Waals surface area (Å²) in [5.74, 6) is 0.144. The Bertz CT molecular complexity index is 611. The molecule has 0 spiro atoms. The topological polar surface area (TPSA) is 59.0 Å². The summed E-state index contributed by atoms with van der Waals surface area (Å²) in [6.07, 6.45) is 6.07. The van der Waals surface area contributed by atoms with Crippen LogP contribution in [-0.2, 0) is 11.3 Å². The highest BCUT2D eigenvalue weighted by atomic mass is 35.5. The Hall–Kier alpha value is -1.30. The van der Waals surface area contributed by atoms with E-state index in [0.29, 0.717) is 6.54 Å². The second-order valence-corrected chi connectivity index (χ2v) is 5.57. The number of nitrogens with one attached hydrogen (secondary N) is 2. The number of halogens is 2. The number of para-hydroxylation sites is 2. The van der Waals surface area contributed by atoms with Crippen molar-refractivity contribution in [1.29, 1.82) is 0 Å². The number of nitrogens with zero attached hydrogens (tertiary/aromatic N) is 2. The molecule has 0 saturated carbocycles. The van der Waals surface area contributed by atoms with Crippen LogP contribution in [0.1, 0.15) is 25.7 Å². The molecule has 2 aromatic rings. The maximum atomic E-state index is 12.0. The third-order valence-corrected chi connectivity index (χ3v) is 4.03. The highest BCUT2D eigenvalue weighted by Gasteiger charge is 2.19. The van der Waals surface area contributed by atoms with Gasteiger partial charge >= 0.3 is 0 Å². The van der Waals surface area contributed by atoms with Gasteiger partial charge in [-0.05, 0) is 37.9 Å². The van der Waals surface area contributed by atoms with Crippen LogP contribution in [0, 0.1) is 0 Å². The van der Waals surface area contributed by atoms with Gasteiger partial charge in [-0.3, -0.25) is 4.79 Å². The molecule has 2 N–H and O–H groups in total. The molecular formula is C16H24Cl2N4O. The summed E-state index contributed by atoms with van der Waals surface area (Å²) in [7, 11) is 0. The number of carbonyl (C=O) groups is 1. The molecule has 5 nitrogen and oxygen atoms in total. The zero-order valence-corrected chi connectivity index (χ0v) is 14.7. The molecule has 0 aliphatic carbocycles. The number of carbonyl (C=O) groups excluding carboxylic acids is 1. The van der Waals surface area contributed by atoms with E-state index in [1.165, 1.54) is 6.42 Å². The van der Waals surface area contributed by atoms with Gasteiger partial charge in [0, 0.05) is 13.1 Å². The zero-order chi connectivity index (χ0) is 14.5. The van der Waals surface area contributed by atoms with E-state index in [-0.39, 0.29) is 36.8 Å². The molecule has 1 aromatic carbocycles. The molecule has 128 valence electrons. The van der Waals surface area contributed by atoms with E-state index in [9.17, 15) is 4.79 Å². The van der Waals surface area contributed by atoms with Crippen LogP contribution in [0.2, 0.25) is 0 Å². The fraction of sp³-hybridized carbons (Fsp3) is 0.500. The summed E-state index contributed by atoms with van der Waals surface area (Å²) in [5.41, 5.74) is 2.17. The Morgan fingerprint density at radius 2 is 2.13 bits per heavy atom. The molecule has 1 aliphatic rings. The van der Waals surface area contributed by atoms with Crippen LogP contribution in [0.15, 0.2) is 30.6 Å². The largest absolute Gasteiger partial charge is 0.355 e. The fourth-order valence-electron chi connectivity index (χ4n) is 2.85. The summed E-state index contributed by atoms with van der Waals surface area (Å²) >= 11 is 0. The molecule has 0 radical (unpaired) electrons. The number of amides is 1. The number of imidazole rings is 1. The van der Waals surface area contributed by atoms with Crippen molar-refractivity contribution in [3.05, 3.63) is 30.6 Å². The number of aromatic nitrogens is 2. The van der Waals surface area contributed by atoms with Gasteiger partial charge in [-0.25, -0.2) is 4.98 Å². The van der Waals surface area contributed by atoms with Gasteiger partial charge in [0.05, 0.1) is 23.4 Å². The number of hydrogen-bond acceptors (Lipinski definition) is 3. The minimum atomic E-state index is 0. The highest BCUT2D eigenvalue weighted by molar-refractivity contribution is 5.85. The van der Waals surface area contributed by atoms with Crippen molar-refractivity contribution < 1.29 is 4.79 Å². The van der Waals surface area contributed by atoms with Gasteiger partial charge in [-0.15, -0.1) is 24.8 Å². The molecule has 1 unspecified atom stereocenters. The summed E-state index contributed by atoms with van der Waals surface area (Å²) < 4.78 is 2.14. The van der Waals surface area contributed by atoms with Crippen molar-refractivity contribution in [2.75, 3.05) is 13.1 Å². The number of hydrogen-bond donors (Lipinski definition) is 2. The molecule has 23 heavy (non-hydrogen) atoms. The van der Waals surface area contributed by atoms with Crippen molar-refractivity contribution >= 4 is 41.8 Å². The van der Waals surface area contributed by atoms with Crippen LogP contribution >= 0.6 is 24.8 Å². The maximum Gasteiger partial charge on any atom is 0.237 e. The van der Waals surface area contributed by atoms with Crippen molar-refractivity contribution in [3.8, 4) is 0 Å². The van der Waals surface area contributed by atoms with Crippen LogP contribution in [0.5, 0.6) is 0 Å². The third kappa shape index (κ3) is 5.09. The Morgan fingerprint density at radius 3 is 2.91 bits per heavy atom. The number of piperidine rings is 1. The van der Waals surface area contributed by atoms with E-state index in [4.69, 9.17) is 0 Å². The van der Waals surface area contributed by atoms with Crippen molar-refractivity contribution in [2.45, 2.75) is 38.3 Å². The number of fused-ring (bicyclic) bond motifs is 1. The lowest BCUT2D eigenvalue weighted by atomic mass is 10.0. The lowest BCUT2D eigenvalue weighted by Crippen LogP contribution is -2.46. The Balaban J connectivity index is 0.00000132. The Kier molecular flexibility index (Phi) is 8.37. The van der Waals surface area contributed by atoms with Crippen LogP contribution in [-0.4, -0.2) is 34.6 Å². The van der Waals surface area contributed by atoms with E-state index in [2.05, 4.69) is 26.3 Å². The first kappa shape index (κ1) is 19.7. The first-order chi connectivity index (χ1) is 10.3. The zero-order valence-electron chi connectivity index (χ0n) is 13.0. The molecule has 1 saturated heterocycles. The predicted octanol–water partition coefficient (Wildman–Crippen LogP) is 2.53. The fourth-order valence-corrected chi connectivity index (χ4v) is 2.85. The molecule has 1 amide bonds. The Morgan fingerprint density at radius 1 is 1.30 bits per heavy atom. The lowest BCUT2D eigenvalue weighted by molar-refractivity contribution is -0.123. The molecule has 1 aromatic heterocycles. The van der Waals surface area contributed by atoms with Crippen molar-refractivity contribution in [2.24, 2.45) is 0 Å². The number of benzene rings is 1. The summed E-state index contributed by atoms with van der Waals surface area (Å²) in [5, 5.41) is 6.30. The first-order valence-electron chi connectivity index (χ1n) is 7.75. The van der Waals surface area contributed by atoms with Gasteiger partial charge < -0.3 is 15.2 Å². The smallest absolute Gasteiger partial charge is 0.237 e. The molecule has 1 atom stereocenters. The van der Waals surface area contributed by atoms with Crippen LogP contribution < -0.4 is 10.6 Å².